The third-order valence-corrected chi connectivity index (χ3v) is 4.09. The SMILES string of the molecule is COC(=O)C(NC(=O)c1ccc(C#Cc2ccc(CO)cc2)cc1)C(C)(C)N. The molecule has 0 radical (unpaired) electrons. The van der Waals surface area contributed by atoms with Crippen LogP contribution in [0.4, 0.5) is 0 Å². The van der Waals surface area contributed by atoms with Crippen LogP contribution in [-0.2, 0) is 16.1 Å². The summed E-state index contributed by atoms with van der Waals surface area (Å²) in [5.74, 6) is 5.02. The van der Waals surface area contributed by atoms with E-state index in [1.54, 1.807) is 38.1 Å². The van der Waals surface area contributed by atoms with Crippen LogP contribution < -0.4 is 11.1 Å². The number of amides is 1. The highest BCUT2D eigenvalue weighted by atomic mass is 16.5. The van der Waals surface area contributed by atoms with Gasteiger partial charge in [-0.25, -0.2) is 4.79 Å². The van der Waals surface area contributed by atoms with E-state index in [2.05, 4.69) is 17.2 Å². The van der Waals surface area contributed by atoms with Crippen molar-refractivity contribution in [1.29, 1.82) is 0 Å². The lowest BCUT2D eigenvalue weighted by Gasteiger charge is -2.28. The van der Waals surface area contributed by atoms with Gasteiger partial charge in [0, 0.05) is 22.2 Å². The van der Waals surface area contributed by atoms with Crippen molar-refractivity contribution < 1.29 is 19.4 Å². The fourth-order valence-corrected chi connectivity index (χ4v) is 2.42. The monoisotopic (exact) mass is 380 g/mol. The predicted octanol–water partition coefficient (Wildman–Crippen LogP) is 1.59. The van der Waals surface area contributed by atoms with Crippen LogP contribution in [0.5, 0.6) is 0 Å². The molecule has 0 aromatic heterocycles. The Balaban J connectivity index is 2.10. The summed E-state index contributed by atoms with van der Waals surface area (Å²) in [5.41, 5.74) is 7.78. The Hall–Kier alpha value is -3.14. The highest BCUT2D eigenvalue weighted by Gasteiger charge is 2.34. The van der Waals surface area contributed by atoms with Crippen LogP contribution in [0, 0.1) is 11.8 Å². The minimum atomic E-state index is -0.972. The standard InChI is InChI=1S/C22H24N2O4/c1-22(2,23)19(21(27)28-3)24-20(26)18-12-10-16(11-13-18)5-4-15-6-8-17(14-25)9-7-15/h6-13,19,25H,14,23H2,1-3H3,(H,24,26). The maximum Gasteiger partial charge on any atom is 0.330 e. The molecule has 0 aliphatic heterocycles. The van der Waals surface area contributed by atoms with Gasteiger partial charge in [-0.15, -0.1) is 0 Å². The van der Waals surface area contributed by atoms with Gasteiger partial charge < -0.3 is 20.9 Å². The number of hydrogen-bond donors (Lipinski definition) is 3. The van der Waals surface area contributed by atoms with Crippen LogP contribution in [-0.4, -0.2) is 35.7 Å². The van der Waals surface area contributed by atoms with Crippen molar-refractivity contribution in [3.05, 3.63) is 70.8 Å². The van der Waals surface area contributed by atoms with Gasteiger partial charge in [0.05, 0.1) is 13.7 Å². The molecule has 1 amide bonds. The Labute approximate surface area is 164 Å². The first kappa shape index (κ1) is 21.2. The van der Waals surface area contributed by atoms with E-state index in [9.17, 15) is 9.59 Å². The predicted molar refractivity (Wildman–Crippen MR) is 106 cm³/mol. The van der Waals surface area contributed by atoms with Crippen molar-refractivity contribution in [2.24, 2.45) is 5.73 Å². The summed E-state index contributed by atoms with van der Waals surface area (Å²) in [6, 6.07) is 13.0. The first-order valence-corrected chi connectivity index (χ1v) is 8.74. The van der Waals surface area contributed by atoms with Gasteiger partial charge in [0.2, 0.25) is 0 Å². The van der Waals surface area contributed by atoms with Gasteiger partial charge in [-0.2, -0.15) is 0 Å². The largest absolute Gasteiger partial charge is 0.467 e. The second kappa shape index (κ2) is 9.18. The third-order valence-electron chi connectivity index (χ3n) is 4.09. The minimum Gasteiger partial charge on any atom is -0.467 e. The number of esters is 1. The van der Waals surface area contributed by atoms with E-state index in [0.29, 0.717) is 5.56 Å². The number of ether oxygens (including phenoxy) is 1. The van der Waals surface area contributed by atoms with Gasteiger partial charge in [0.1, 0.15) is 6.04 Å². The number of methoxy groups -OCH3 is 1. The van der Waals surface area contributed by atoms with Gasteiger partial charge in [0.15, 0.2) is 0 Å². The van der Waals surface area contributed by atoms with Crippen LogP contribution in [0.15, 0.2) is 48.5 Å². The zero-order valence-corrected chi connectivity index (χ0v) is 16.2. The topological polar surface area (TPSA) is 102 Å². The van der Waals surface area contributed by atoms with Gasteiger partial charge in [-0.05, 0) is 55.8 Å². The summed E-state index contributed by atoms with van der Waals surface area (Å²) >= 11 is 0. The third kappa shape index (κ3) is 5.68. The van der Waals surface area contributed by atoms with Crippen molar-refractivity contribution in [3.8, 4) is 11.8 Å². The second-order valence-corrected chi connectivity index (χ2v) is 6.93. The molecule has 6 nitrogen and oxygen atoms in total. The number of nitrogens with one attached hydrogen (secondary N) is 1. The number of aliphatic hydroxyl groups is 1. The quantitative estimate of drug-likeness (QED) is 0.540. The van der Waals surface area contributed by atoms with Crippen LogP contribution in [0.3, 0.4) is 0 Å². The summed E-state index contributed by atoms with van der Waals surface area (Å²) in [6.07, 6.45) is 0. The van der Waals surface area contributed by atoms with E-state index < -0.39 is 23.5 Å². The Morgan fingerprint density at radius 3 is 2.00 bits per heavy atom. The Kier molecular flexibility index (Phi) is 6.94. The Morgan fingerprint density at radius 2 is 1.57 bits per heavy atom. The summed E-state index contributed by atoms with van der Waals surface area (Å²) in [5, 5.41) is 11.7. The molecule has 0 aliphatic rings. The molecule has 28 heavy (non-hydrogen) atoms. The smallest absolute Gasteiger partial charge is 0.330 e. The van der Waals surface area contributed by atoms with Crippen LogP contribution in [0.1, 0.15) is 40.9 Å². The van der Waals surface area contributed by atoms with Gasteiger partial charge >= 0.3 is 5.97 Å². The molecule has 1 unspecified atom stereocenters. The minimum absolute atomic E-state index is 0.00455. The zero-order chi connectivity index (χ0) is 20.7. The number of benzene rings is 2. The summed E-state index contributed by atoms with van der Waals surface area (Å²) in [6.45, 7) is 3.27. The van der Waals surface area contributed by atoms with E-state index >= 15 is 0 Å². The maximum absolute atomic E-state index is 12.4. The average molecular weight is 380 g/mol. The number of carbonyl (C=O) groups is 2. The molecule has 2 aromatic rings. The van der Waals surface area contributed by atoms with Crippen molar-refractivity contribution in [2.45, 2.75) is 32.0 Å². The molecule has 2 rings (SSSR count). The lowest BCUT2D eigenvalue weighted by Crippen LogP contribution is -2.59. The number of hydrogen-bond acceptors (Lipinski definition) is 5. The summed E-state index contributed by atoms with van der Waals surface area (Å²) in [7, 11) is 1.25. The molecule has 0 spiro atoms. The van der Waals surface area contributed by atoms with Crippen molar-refractivity contribution in [2.75, 3.05) is 7.11 Å². The molecule has 6 heteroatoms. The summed E-state index contributed by atoms with van der Waals surface area (Å²) < 4.78 is 4.72. The normalized spacial score (nSPS) is 11.8. The first-order chi connectivity index (χ1) is 13.2. The van der Waals surface area contributed by atoms with E-state index in [1.807, 2.05) is 24.3 Å². The molecule has 0 bridgehead atoms. The van der Waals surface area contributed by atoms with E-state index in [1.165, 1.54) is 7.11 Å². The average Bonchev–Trinajstić information content (AvgIpc) is 2.69. The van der Waals surface area contributed by atoms with Crippen molar-refractivity contribution in [1.82, 2.24) is 5.32 Å². The van der Waals surface area contributed by atoms with Gasteiger partial charge in [0.25, 0.3) is 5.91 Å². The molecular weight excluding hydrogens is 356 g/mol. The Morgan fingerprint density at radius 1 is 1.07 bits per heavy atom. The number of aliphatic hydroxyl groups excluding tert-OH is 1. The molecule has 0 heterocycles. The summed E-state index contributed by atoms with van der Waals surface area (Å²) in [4.78, 5) is 24.3. The Bertz CT molecular complexity index is 885. The lowest BCUT2D eigenvalue weighted by atomic mass is 9.95. The van der Waals surface area contributed by atoms with Gasteiger partial charge in [-0.3, -0.25) is 4.79 Å². The molecule has 0 saturated carbocycles. The van der Waals surface area contributed by atoms with Crippen LogP contribution in [0.25, 0.3) is 0 Å². The molecule has 146 valence electrons. The fourth-order valence-electron chi connectivity index (χ4n) is 2.42. The lowest BCUT2D eigenvalue weighted by molar-refractivity contribution is -0.144. The number of carbonyl (C=O) groups excluding carboxylic acids is 2. The van der Waals surface area contributed by atoms with Crippen LogP contribution >= 0.6 is 0 Å². The number of rotatable bonds is 5. The fraction of sp³-hybridized carbons (Fsp3) is 0.273. The van der Waals surface area contributed by atoms with E-state index in [-0.39, 0.29) is 6.61 Å². The highest BCUT2D eigenvalue weighted by molar-refractivity contribution is 5.97. The van der Waals surface area contributed by atoms with Gasteiger partial charge in [-0.1, -0.05) is 24.0 Å². The van der Waals surface area contributed by atoms with Crippen LogP contribution in [0.2, 0.25) is 0 Å². The maximum atomic E-state index is 12.4. The highest BCUT2D eigenvalue weighted by Crippen LogP contribution is 2.10. The van der Waals surface area contributed by atoms with Crippen molar-refractivity contribution >= 4 is 11.9 Å². The molecule has 1 atom stereocenters. The zero-order valence-electron chi connectivity index (χ0n) is 16.2. The molecular formula is C22H24N2O4. The second-order valence-electron chi connectivity index (χ2n) is 6.93. The molecule has 4 N–H and O–H groups in total. The van der Waals surface area contributed by atoms with E-state index in [0.717, 1.165) is 16.7 Å². The first-order valence-electron chi connectivity index (χ1n) is 8.74. The molecule has 0 fully saturated rings. The molecule has 2 aromatic carbocycles. The number of nitrogens with two attached hydrogens (primary N) is 1. The molecule has 0 aliphatic carbocycles. The molecule has 0 saturated heterocycles. The van der Waals surface area contributed by atoms with E-state index in [4.69, 9.17) is 15.6 Å². The van der Waals surface area contributed by atoms with Crippen molar-refractivity contribution in [3.63, 3.8) is 0 Å².